The fourth-order valence-electron chi connectivity index (χ4n) is 2.14. The summed E-state index contributed by atoms with van der Waals surface area (Å²) < 4.78 is 5.68. The molecule has 0 bridgehead atoms. The normalized spacial score (nSPS) is 10.6. The molecule has 0 aliphatic heterocycles. The Balaban J connectivity index is 1.71. The molecule has 2 aromatic carbocycles. The van der Waals surface area contributed by atoms with Gasteiger partial charge in [-0.3, -0.25) is 9.59 Å². The molecule has 2 N–H and O–H groups in total. The first-order chi connectivity index (χ1) is 11.1. The predicted octanol–water partition coefficient (Wildman–Crippen LogP) is 3.30. The van der Waals surface area contributed by atoms with Crippen LogP contribution in [0.2, 0.25) is 0 Å². The van der Waals surface area contributed by atoms with Crippen LogP contribution < -0.4 is 5.32 Å². The maximum absolute atomic E-state index is 11.6. The third-order valence-electron chi connectivity index (χ3n) is 3.28. The Morgan fingerprint density at radius 3 is 2.48 bits per heavy atom. The van der Waals surface area contributed by atoms with Gasteiger partial charge in [-0.2, -0.15) is 0 Å². The van der Waals surface area contributed by atoms with Gasteiger partial charge in [0, 0.05) is 17.7 Å². The van der Waals surface area contributed by atoms with Crippen molar-refractivity contribution in [1.82, 2.24) is 4.98 Å². The Morgan fingerprint density at radius 1 is 1.04 bits per heavy atom. The van der Waals surface area contributed by atoms with Gasteiger partial charge in [-0.25, -0.2) is 4.98 Å². The minimum atomic E-state index is -0.994. The number of oxazole rings is 1. The molecule has 1 heterocycles. The molecule has 3 aromatic rings. The van der Waals surface area contributed by atoms with E-state index in [1.807, 2.05) is 24.3 Å². The molecule has 0 atom stereocenters. The van der Waals surface area contributed by atoms with Crippen molar-refractivity contribution in [2.24, 2.45) is 0 Å². The standard InChI is InChI=1S/C17H14N2O4/c20-15(9-10-16(21)22)18-12-7-5-11(6-8-12)17-19-13-3-1-2-4-14(13)23-17/h1-8H,9-10H2,(H,18,20)(H,21,22). The lowest BCUT2D eigenvalue weighted by Crippen LogP contribution is -2.13. The summed E-state index contributed by atoms with van der Waals surface area (Å²) in [4.78, 5) is 26.4. The van der Waals surface area contributed by atoms with Crippen molar-refractivity contribution in [2.45, 2.75) is 12.8 Å². The molecular weight excluding hydrogens is 296 g/mol. The minimum Gasteiger partial charge on any atom is -0.481 e. The number of hydrogen-bond donors (Lipinski definition) is 2. The molecule has 0 saturated heterocycles. The molecule has 0 radical (unpaired) electrons. The molecule has 23 heavy (non-hydrogen) atoms. The number of aliphatic carboxylic acids is 1. The van der Waals surface area contributed by atoms with Crippen molar-refractivity contribution < 1.29 is 19.1 Å². The molecular formula is C17H14N2O4. The molecule has 116 valence electrons. The van der Waals surface area contributed by atoms with Crippen LogP contribution >= 0.6 is 0 Å². The highest BCUT2D eigenvalue weighted by Crippen LogP contribution is 2.25. The van der Waals surface area contributed by atoms with Crippen molar-refractivity contribution in [2.75, 3.05) is 5.32 Å². The second kappa shape index (κ2) is 6.31. The second-order valence-electron chi connectivity index (χ2n) is 5.01. The molecule has 6 nitrogen and oxygen atoms in total. The Labute approximate surface area is 131 Å². The van der Waals surface area contributed by atoms with Crippen LogP contribution in [0.25, 0.3) is 22.6 Å². The number of nitrogens with one attached hydrogen (secondary N) is 1. The number of fused-ring (bicyclic) bond motifs is 1. The molecule has 0 aliphatic rings. The van der Waals surface area contributed by atoms with Gasteiger partial charge in [0.25, 0.3) is 0 Å². The smallest absolute Gasteiger partial charge is 0.303 e. The molecule has 0 fully saturated rings. The van der Waals surface area contributed by atoms with E-state index >= 15 is 0 Å². The summed E-state index contributed by atoms with van der Waals surface area (Å²) in [5, 5.41) is 11.2. The van der Waals surface area contributed by atoms with Gasteiger partial charge >= 0.3 is 5.97 Å². The van der Waals surface area contributed by atoms with E-state index in [2.05, 4.69) is 10.3 Å². The van der Waals surface area contributed by atoms with E-state index in [1.54, 1.807) is 24.3 Å². The quantitative estimate of drug-likeness (QED) is 0.754. The number of carbonyl (C=O) groups excluding carboxylic acids is 1. The molecule has 0 unspecified atom stereocenters. The molecule has 6 heteroatoms. The van der Waals surface area contributed by atoms with E-state index < -0.39 is 5.97 Å². The first-order valence-electron chi connectivity index (χ1n) is 7.09. The number of carboxylic acid groups (broad SMARTS) is 1. The van der Waals surface area contributed by atoms with E-state index in [4.69, 9.17) is 9.52 Å². The summed E-state index contributed by atoms with van der Waals surface area (Å²) in [5.41, 5.74) is 2.90. The SMILES string of the molecule is O=C(O)CCC(=O)Nc1ccc(-c2nc3ccccc3o2)cc1. The average molecular weight is 310 g/mol. The van der Waals surface area contributed by atoms with Gasteiger partial charge in [0.1, 0.15) is 5.52 Å². The summed E-state index contributed by atoms with van der Waals surface area (Å²) in [6, 6.07) is 14.5. The van der Waals surface area contributed by atoms with E-state index in [0.29, 0.717) is 17.2 Å². The molecule has 0 spiro atoms. The lowest BCUT2D eigenvalue weighted by molar-refractivity contribution is -0.138. The first kappa shape index (κ1) is 14.8. The Hall–Kier alpha value is -3.15. The summed E-state index contributed by atoms with van der Waals surface area (Å²) in [5.74, 6) is -0.816. The van der Waals surface area contributed by atoms with Gasteiger partial charge in [0.2, 0.25) is 11.8 Å². The van der Waals surface area contributed by atoms with Gasteiger partial charge < -0.3 is 14.8 Å². The van der Waals surface area contributed by atoms with Crippen molar-refractivity contribution in [3.05, 3.63) is 48.5 Å². The fraction of sp³-hybridized carbons (Fsp3) is 0.118. The number of amides is 1. The minimum absolute atomic E-state index is 0.0534. The summed E-state index contributed by atoms with van der Waals surface area (Å²) >= 11 is 0. The Kier molecular flexibility index (Phi) is 4.05. The van der Waals surface area contributed by atoms with Crippen LogP contribution in [0.1, 0.15) is 12.8 Å². The van der Waals surface area contributed by atoms with Crippen LogP contribution in [0.15, 0.2) is 52.9 Å². The lowest BCUT2D eigenvalue weighted by Gasteiger charge is -2.04. The molecule has 0 aliphatic carbocycles. The number of para-hydroxylation sites is 2. The van der Waals surface area contributed by atoms with Gasteiger partial charge in [-0.05, 0) is 36.4 Å². The molecule has 3 rings (SSSR count). The average Bonchev–Trinajstić information content (AvgIpc) is 2.97. The molecule has 0 saturated carbocycles. The number of benzene rings is 2. The van der Waals surface area contributed by atoms with Crippen LogP contribution in [0.5, 0.6) is 0 Å². The van der Waals surface area contributed by atoms with Crippen LogP contribution in [-0.4, -0.2) is 22.0 Å². The zero-order valence-electron chi connectivity index (χ0n) is 12.2. The topological polar surface area (TPSA) is 92.4 Å². The van der Waals surface area contributed by atoms with Gasteiger partial charge in [0.05, 0.1) is 6.42 Å². The van der Waals surface area contributed by atoms with E-state index in [0.717, 1.165) is 11.1 Å². The number of anilines is 1. The number of aromatic nitrogens is 1. The lowest BCUT2D eigenvalue weighted by atomic mass is 10.2. The highest BCUT2D eigenvalue weighted by Gasteiger charge is 2.09. The maximum atomic E-state index is 11.6. The third kappa shape index (κ3) is 3.55. The summed E-state index contributed by atoms with van der Waals surface area (Å²) in [7, 11) is 0. The van der Waals surface area contributed by atoms with Crippen LogP contribution in [0.3, 0.4) is 0 Å². The fourth-order valence-corrected chi connectivity index (χ4v) is 2.14. The van der Waals surface area contributed by atoms with Crippen molar-refractivity contribution >= 4 is 28.7 Å². The zero-order valence-corrected chi connectivity index (χ0v) is 12.2. The Morgan fingerprint density at radius 2 is 1.78 bits per heavy atom. The van der Waals surface area contributed by atoms with Crippen molar-refractivity contribution in [1.29, 1.82) is 0 Å². The van der Waals surface area contributed by atoms with Crippen LogP contribution in [-0.2, 0) is 9.59 Å². The number of carbonyl (C=O) groups is 2. The highest BCUT2D eigenvalue weighted by atomic mass is 16.4. The zero-order chi connectivity index (χ0) is 16.2. The van der Waals surface area contributed by atoms with E-state index in [1.165, 1.54) is 0 Å². The maximum Gasteiger partial charge on any atom is 0.303 e. The van der Waals surface area contributed by atoms with Crippen LogP contribution in [0.4, 0.5) is 5.69 Å². The predicted molar refractivity (Wildman–Crippen MR) is 84.9 cm³/mol. The Bertz CT molecular complexity index is 819. The van der Waals surface area contributed by atoms with E-state index in [9.17, 15) is 9.59 Å². The second-order valence-corrected chi connectivity index (χ2v) is 5.01. The monoisotopic (exact) mass is 310 g/mol. The molecule has 1 amide bonds. The van der Waals surface area contributed by atoms with E-state index in [-0.39, 0.29) is 18.7 Å². The van der Waals surface area contributed by atoms with Gasteiger partial charge in [0.15, 0.2) is 5.58 Å². The number of carboxylic acids is 1. The third-order valence-corrected chi connectivity index (χ3v) is 3.28. The van der Waals surface area contributed by atoms with Gasteiger partial charge in [-0.1, -0.05) is 12.1 Å². The number of rotatable bonds is 5. The van der Waals surface area contributed by atoms with Crippen molar-refractivity contribution in [3.8, 4) is 11.5 Å². The largest absolute Gasteiger partial charge is 0.481 e. The molecule has 1 aromatic heterocycles. The van der Waals surface area contributed by atoms with Crippen LogP contribution in [0, 0.1) is 0 Å². The summed E-state index contributed by atoms with van der Waals surface area (Å²) in [6.45, 7) is 0. The van der Waals surface area contributed by atoms with Gasteiger partial charge in [-0.15, -0.1) is 0 Å². The summed E-state index contributed by atoms with van der Waals surface area (Å²) in [6.07, 6.45) is -0.241. The highest BCUT2D eigenvalue weighted by molar-refractivity contribution is 5.92. The first-order valence-corrected chi connectivity index (χ1v) is 7.09. The number of nitrogens with zero attached hydrogens (tertiary/aromatic N) is 1. The number of hydrogen-bond acceptors (Lipinski definition) is 4. The van der Waals surface area contributed by atoms with Crippen molar-refractivity contribution in [3.63, 3.8) is 0 Å².